The molecule has 1 aliphatic heterocycles. The quantitative estimate of drug-likeness (QED) is 0.492. The lowest BCUT2D eigenvalue weighted by Crippen LogP contribution is -2.31. The number of nitrogen functional groups attached to an aromatic ring is 1. The van der Waals surface area contributed by atoms with Gasteiger partial charge in [0.1, 0.15) is 5.84 Å². The molecule has 1 saturated heterocycles. The molecule has 0 atom stereocenters. The van der Waals surface area contributed by atoms with Gasteiger partial charge in [-0.25, -0.2) is 0 Å². The van der Waals surface area contributed by atoms with Crippen molar-refractivity contribution < 1.29 is 0 Å². The summed E-state index contributed by atoms with van der Waals surface area (Å²) in [5.41, 5.74) is 7.77. The molecule has 0 bridgehead atoms. The predicted octanol–water partition coefficient (Wildman–Crippen LogP) is 2.68. The number of hydrogen-bond acceptors (Lipinski definition) is 3. The summed E-state index contributed by atoms with van der Waals surface area (Å²) < 4.78 is 0. The smallest absolute Gasteiger partial charge is 0.126 e. The third-order valence-electron chi connectivity index (χ3n) is 3.19. The Kier molecular flexibility index (Phi) is 3.94. The molecule has 0 saturated carbocycles. The van der Waals surface area contributed by atoms with Gasteiger partial charge in [0.2, 0.25) is 0 Å². The molecule has 0 unspecified atom stereocenters. The highest BCUT2D eigenvalue weighted by atomic mass is 32.2. The third kappa shape index (κ3) is 2.57. The van der Waals surface area contributed by atoms with E-state index in [0.717, 1.165) is 29.2 Å². The van der Waals surface area contributed by atoms with E-state index in [0.29, 0.717) is 0 Å². The highest BCUT2D eigenvalue weighted by Crippen LogP contribution is 2.30. The van der Waals surface area contributed by atoms with E-state index in [1.54, 1.807) is 11.8 Å². The summed E-state index contributed by atoms with van der Waals surface area (Å²) in [4.78, 5) is 3.46. The zero-order chi connectivity index (χ0) is 12.3. The van der Waals surface area contributed by atoms with Crippen molar-refractivity contribution in [1.29, 1.82) is 5.41 Å². The Morgan fingerprint density at radius 2 is 2.00 bits per heavy atom. The molecule has 3 nitrogen and oxygen atoms in total. The maximum atomic E-state index is 7.78. The summed E-state index contributed by atoms with van der Waals surface area (Å²) in [7, 11) is 0. The number of amidine groups is 1. The lowest BCUT2D eigenvalue weighted by molar-refractivity contribution is 0.577. The average molecular weight is 249 g/mol. The first-order chi connectivity index (χ1) is 8.24. The summed E-state index contributed by atoms with van der Waals surface area (Å²) in [5.74, 6) is 0.176. The van der Waals surface area contributed by atoms with Crippen LogP contribution in [0.3, 0.4) is 0 Å². The number of anilines is 1. The van der Waals surface area contributed by atoms with Crippen molar-refractivity contribution in [1.82, 2.24) is 0 Å². The minimum Gasteiger partial charge on any atom is -0.384 e. The molecule has 1 fully saturated rings. The second-order valence-corrected chi connectivity index (χ2v) is 5.16. The van der Waals surface area contributed by atoms with Gasteiger partial charge >= 0.3 is 0 Å². The molecule has 0 amide bonds. The summed E-state index contributed by atoms with van der Waals surface area (Å²) in [6, 6.07) is 6.18. The molecule has 1 heterocycles. The first kappa shape index (κ1) is 12.3. The van der Waals surface area contributed by atoms with Crippen LogP contribution in [0.25, 0.3) is 0 Å². The second-order valence-electron chi connectivity index (χ2n) is 4.32. The van der Waals surface area contributed by atoms with E-state index < -0.39 is 0 Å². The van der Waals surface area contributed by atoms with E-state index in [-0.39, 0.29) is 5.84 Å². The average Bonchev–Trinajstić information content (AvgIpc) is 2.38. The highest BCUT2D eigenvalue weighted by molar-refractivity contribution is 7.98. The number of nitrogens with one attached hydrogen (secondary N) is 1. The maximum absolute atomic E-state index is 7.78. The van der Waals surface area contributed by atoms with Crippen molar-refractivity contribution in [3.05, 3.63) is 23.8 Å². The Labute approximate surface area is 107 Å². The van der Waals surface area contributed by atoms with Gasteiger partial charge in [-0.1, -0.05) is 6.07 Å². The van der Waals surface area contributed by atoms with Crippen LogP contribution in [0.2, 0.25) is 0 Å². The van der Waals surface area contributed by atoms with Gasteiger partial charge < -0.3 is 10.6 Å². The number of rotatable bonds is 3. The Morgan fingerprint density at radius 3 is 2.59 bits per heavy atom. The van der Waals surface area contributed by atoms with Crippen LogP contribution in [0.5, 0.6) is 0 Å². The van der Waals surface area contributed by atoms with Crippen LogP contribution in [0.4, 0.5) is 5.69 Å². The van der Waals surface area contributed by atoms with Crippen molar-refractivity contribution in [2.24, 2.45) is 5.73 Å². The molecule has 1 aliphatic rings. The van der Waals surface area contributed by atoms with Crippen molar-refractivity contribution in [3.8, 4) is 0 Å². The molecule has 17 heavy (non-hydrogen) atoms. The van der Waals surface area contributed by atoms with Gasteiger partial charge in [-0.15, -0.1) is 11.8 Å². The van der Waals surface area contributed by atoms with E-state index in [9.17, 15) is 0 Å². The van der Waals surface area contributed by atoms with Crippen LogP contribution >= 0.6 is 11.8 Å². The molecule has 2 rings (SSSR count). The van der Waals surface area contributed by atoms with Gasteiger partial charge in [0.15, 0.2) is 0 Å². The fraction of sp³-hybridized carbons (Fsp3) is 0.462. The molecule has 0 aliphatic carbocycles. The van der Waals surface area contributed by atoms with Crippen molar-refractivity contribution in [2.75, 3.05) is 24.2 Å². The van der Waals surface area contributed by atoms with Crippen LogP contribution in [-0.2, 0) is 0 Å². The molecule has 3 N–H and O–H groups in total. The van der Waals surface area contributed by atoms with Gasteiger partial charge in [-0.05, 0) is 37.7 Å². The Morgan fingerprint density at radius 1 is 1.29 bits per heavy atom. The summed E-state index contributed by atoms with van der Waals surface area (Å²) in [6.45, 7) is 2.16. The molecule has 92 valence electrons. The van der Waals surface area contributed by atoms with E-state index in [2.05, 4.69) is 17.0 Å². The topological polar surface area (TPSA) is 53.1 Å². The standard InChI is InChI=1S/C13H19N3S/c1-17-11-7-5-6-10(12(11)13(14)15)16-8-3-2-4-9-16/h5-7H,2-4,8-9H2,1H3,(H3,14,15). The Hall–Kier alpha value is -1.16. The Balaban J connectivity index is 2.40. The monoisotopic (exact) mass is 249 g/mol. The fourth-order valence-corrected chi connectivity index (χ4v) is 2.99. The van der Waals surface area contributed by atoms with E-state index in [1.807, 2.05) is 12.3 Å². The number of hydrogen-bond donors (Lipinski definition) is 2. The molecule has 1 aromatic rings. The number of nitrogens with two attached hydrogens (primary N) is 1. The first-order valence-corrected chi connectivity index (χ1v) is 7.23. The van der Waals surface area contributed by atoms with Crippen molar-refractivity contribution >= 4 is 23.3 Å². The largest absolute Gasteiger partial charge is 0.384 e. The zero-order valence-corrected chi connectivity index (χ0v) is 11.0. The molecule has 1 aromatic carbocycles. The second kappa shape index (κ2) is 5.45. The molecule has 0 radical (unpaired) electrons. The lowest BCUT2D eigenvalue weighted by atomic mass is 10.1. The SMILES string of the molecule is CSc1cccc(N2CCCCC2)c1C(=N)N. The van der Waals surface area contributed by atoms with Gasteiger partial charge in [-0.3, -0.25) is 5.41 Å². The Bertz CT molecular complexity index is 411. The van der Waals surface area contributed by atoms with E-state index in [4.69, 9.17) is 11.1 Å². The van der Waals surface area contributed by atoms with Gasteiger partial charge in [0.25, 0.3) is 0 Å². The van der Waals surface area contributed by atoms with Crippen LogP contribution in [0, 0.1) is 5.41 Å². The number of benzene rings is 1. The van der Waals surface area contributed by atoms with Crippen LogP contribution in [-0.4, -0.2) is 25.2 Å². The highest BCUT2D eigenvalue weighted by Gasteiger charge is 2.17. The van der Waals surface area contributed by atoms with Gasteiger partial charge in [0.05, 0.1) is 5.56 Å². The zero-order valence-electron chi connectivity index (χ0n) is 10.2. The fourth-order valence-electron chi connectivity index (χ4n) is 2.36. The third-order valence-corrected chi connectivity index (χ3v) is 3.97. The normalized spacial score (nSPS) is 15.9. The van der Waals surface area contributed by atoms with E-state index >= 15 is 0 Å². The first-order valence-electron chi connectivity index (χ1n) is 6.00. The van der Waals surface area contributed by atoms with Crippen LogP contribution in [0.1, 0.15) is 24.8 Å². The maximum Gasteiger partial charge on any atom is 0.126 e. The summed E-state index contributed by atoms with van der Waals surface area (Å²) in [6.07, 6.45) is 5.82. The number of thioether (sulfide) groups is 1. The van der Waals surface area contributed by atoms with Gasteiger partial charge in [-0.2, -0.15) is 0 Å². The summed E-state index contributed by atoms with van der Waals surface area (Å²) >= 11 is 1.65. The molecular weight excluding hydrogens is 230 g/mol. The predicted molar refractivity (Wildman–Crippen MR) is 75.3 cm³/mol. The van der Waals surface area contributed by atoms with E-state index in [1.165, 1.54) is 19.3 Å². The van der Waals surface area contributed by atoms with Gasteiger partial charge in [0, 0.05) is 23.7 Å². The lowest BCUT2D eigenvalue weighted by Gasteiger charge is -2.31. The van der Waals surface area contributed by atoms with Crippen LogP contribution < -0.4 is 10.6 Å². The molecular formula is C13H19N3S. The van der Waals surface area contributed by atoms with Crippen molar-refractivity contribution in [2.45, 2.75) is 24.2 Å². The minimum atomic E-state index is 0.176. The summed E-state index contributed by atoms with van der Waals surface area (Å²) in [5, 5.41) is 7.78. The number of piperidine rings is 1. The van der Waals surface area contributed by atoms with Crippen molar-refractivity contribution in [3.63, 3.8) is 0 Å². The van der Waals surface area contributed by atoms with Crippen LogP contribution in [0.15, 0.2) is 23.1 Å². The molecule has 0 spiro atoms. The molecule has 4 heteroatoms. The minimum absolute atomic E-state index is 0.176. The molecule has 0 aromatic heterocycles. The number of nitrogens with zero attached hydrogens (tertiary/aromatic N) is 1.